The molecule has 0 saturated heterocycles. The van der Waals surface area contributed by atoms with E-state index in [9.17, 15) is 18.0 Å². The number of ether oxygens (including phenoxy) is 1. The molecule has 0 aliphatic carbocycles. The molecule has 0 aliphatic heterocycles. The van der Waals surface area contributed by atoms with E-state index in [4.69, 9.17) is 4.74 Å². The van der Waals surface area contributed by atoms with E-state index in [0.717, 1.165) is 5.56 Å². The van der Waals surface area contributed by atoms with E-state index in [0.29, 0.717) is 15.6 Å². The molecule has 0 saturated carbocycles. The highest BCUT2D eigenvalue weighted by Gasteiger charge is 2.15. The number of rotatable bonds is 8. The molecule has 10 heteroatoms. The molecule has 33 heavy (non-hydrogen) atoms. The van der Waals surface area contributed by atoms with Gasteiger partial charge in [-0.25, -0.2) is 23.4 Å². The second-order valence-electron chi connectivity index (χ2n) is 6.82. The van der Waals surface area contributed by atoms with Crippen molar-refractivity contribution in [2.75, 3.05) is 6.54 Å². The molecule has 1 amide bonds. The van der Waals surface area contributed by atoms with E-state index in [-0.39, 0.29) is 10.6 Å². The van der Waals surface area contributed by atoms with Gasteiger partial charge >= 0.3 is 5.97 Å². The number of hydrazone groups is 1. The Hall–Kier alpha value is -3.34. The van der Waals surface area contributed by atoms with Crippen molar-refractivity contribution in [1.29, 1.82) is 0 Å². The van der Waals surface area contributed by atoms with Crippen LogP contribution in [0.15, 0.2) is 87.3 Å². The number of nitrogens with zero attached hydrogens (tertiary/aromatic N) is 1. The number of sulfonamides is 1. The van der Waals surface area contributed by atoms with E-state index in [1.54, 1.807) is 48.5 Å². The standard InChI is InChI=1S/C23H20BrN3O5S/c1-16-7-5-6-10-20(16)23(29)32-21-12-11-18(24)13-17(21)14-25-27-22(28)15-26-33(30,31)19-8-3-2-4-9-19/h2-14,26H,15H2,1H3,(H,27,28)/b25-14-. The lowest BCUT2D eigenvalue weighted by Crippen LogP contribution is -2.34. The normalized spacial score (nSPS) is 11.3. The molecular weight excluding hydrogens is 510 g/mol. The quantitative estimate of drug-likeness (QED) is 0.201. The monoisotopic (exact) mass is 529 g/mol. The molecular formula is C23H20BrN3O5S. The van der Waals surface area contributed by atoms with Crippen molar-refractivity contribution >= 4 is 44.0 Å². The third-order valence-electron chi connectivity index (χ3n) is 4.41. The van der Waals surface area contributed by atoms with Gasteiger partial charge in [-0.05, 0) is 48.9 Å². The van der Waals surface area contributed by atoms with Gasteiger partial charge < -0.3 is 4.74 Å². The van der Waals surface area contributed by atoms with Gasteiger partial charge in [0.25, 0.3) is 5.91 Å². The number of benzene rings is 3. The van der Waals surface area contributed by atoms with E-state index in [2.05, 4.69) is 31.2 Å². The fraction of sp³-hybridized carbons (Fsp3) is 0.0870. The zero-order chi connectivity index (χ0) is 23.8. The molecule has 0 fully saturated rings. The van der Waals surface area contributed by atoms with Crippen molar-refractivity contribution < 1.29 is 22.7 Å². The molecule has 0 radical (unpaired) electrons. The van der Waals surface area contributed by atoms with Gasteiger partial charge in [-0.2, -0.15) is 5.10 Å². The van der Waals surface area contributed by atoms with Crippen LogP contribution < -0.4 is 14.9 Å². The summed E-state index contributed by atoms with van der Waals surface area (Å²) in [5.41, 5.74) is 3.88. The van der Waals surface area contributed by atoms with Crippen LogP contribution in [-0.2, 0) is 14.8 Å². The molecule has 3 rings (SSSR count). The smallest absolute Gasteiger partial charge is 0.343 e. The van der Waals surface area contributed by atoms with Crippen molar-refractivity contribution in [3.05, 3.63) is 94.0 Å². The number of halogens is 1. The minimum Gasteiger partial charge on any atom is -0.422 e. The summed E-state index contributed by atoms with van der Waals surface area (Å²) in [6.45, 7) is 1.31. The van der Waals surface area contributed by atoms with E-state index in [1.807, 2.05) is 19.1 Å². The van der Waals surface area contributed by atoms with Crippen LogP contribution in [0, 0.1) is 6.92 Å². The highest BCUT2D eigenvalue weighted by atomic mass is 79.9. The lowest BCUT2D eigenvalue weighted by atomic mass is 10.1. The Kier molecular flexibility index (Phi) is 8.10. The predicted octanol–water partition coefficient (Wildman–Crippen LogP) is 3.41. The van der Waals surface area contributed by atoms with Gasteiger partial charge in [0, 0.05) is 10.0 Å². The summed E-state index contributed by atoms with van der Waals surface area (Å²) < 4.78 is 32.8. The lowest BCUT2D eigenvalue weighted by Gasteiger charge is -2.09. The Morgan fingerprint density at radius 3 is 2.45 bits per heavy atom. The summed E-state index contributed by atoms with van der Waals surface area (Å²) in [7, 11) is -3.81. The van der Waals surface area contributed by atoms with Crippen LogP contribution in [0.3, 0.4) is 0 Å². The summed E-state index contributed by atoms with van der Waals surface area (Å²) in [6.07, 6.45) is 1.30. The largest absolute Gasteiger partial charge is 0.422 e. The number of aryl methyl sites for hydroxylation is 1. The highest BCUT2D eigenvalue weighted by Crippen LogP contribution is 2.23. The Morgan fingerprint density at radius 1 is 1.03 bits per heavy atom. The zero-order valence-corrected chi connectivity index (χ0v) is 19.9. The molecule has 3 aromatic rings. The average molecular weight is 530 g/mol. The Morgan fingerprint density at radius 2 is 1.73 bits per heavy atom. The summed E-state index contributed by atoms with van der Waals surface area (Å²) in [5.74, 6) is -0.946. The number of nitrogens with one attached hydrogen (secondary N) is 2. The summed E-state index contributed by atoms with van der Waals surface area (Å²) in [5, 5.41) is 3.84. The molecule has 2 N–H and O–H groups in total. The molecule has 170 valence electrons. The molecule has 0 heterocycles. The van der Waals surface area contributed by atoms with Gasteiger partial charge in [-0.3, -0.25) is 4.79 Å². The van der Waals surface area contributed by atoms with Crippen LogP contribution in [0.25, 0.3) is 0 Å². The molecule has 8 nitrogen and oxygen atoms in total. The maximum atomic E-state index is 12.5. The maximum Gasteiger partial charge on any atom is 0.343 e. The Labute approximate surface area is 199 Å². The lowest BCUT2D eigenvalue weighted by molar-refractivity contribution is -0.119. The van der Waals surface area contributed by atoms with Crippen molar-refractivity contribution in [2.24, 2.45) is 5.10 Å². The van der Waals surface area contributed by atoms with Crippen LogP contribution in [-0.4, -0.2) is 33.1 Å². The first-order valence-corrected chi connectivity index (χ1v) is 12.0. The number of amides is 1. The molecule has 0 unspecified atom stereocenters. The SMILES string of the molecule is Cc1ccccc1C(=O)Oc1ccc(Br)cc1/C=N\NC(=O)CNS(=O)(=O)c1ccccc1. The molecule has 0 aromatic heterocycles. The summed E-state index contributed by atoms with van der Waals surface area (Å²) >= 11 is 3.34. The Bertz CT molecular complexity index is 1290. The third kappa shape index (κ3) is 6.82. The zero-order valence-electron chi connectivity index (χ0n) is 17.5. The summed E-state index contributed by atoms with van der Waals surface area (Å²) in [6, 6.07) is 19.7. The fourth-order valence-electron chi connectivity index (χ4n) is 2.73. The minimum absolute atomic E-state index is 0.0514. The van der Waals surface area contributed by atoms with Gasteiger partial charge in [0.1, 0.15) is 5.75 Å². The third-order valence-corrected chi connectivity index (χ3v) is 6.32. The van der Waals surface area contributed by atoms with Gasteiger partial charge in [0.15, 0.2) is 0 Å². The molecule has 0 bridgehead atoms. The number of carbonyl (C=O) groups is 2. The highest BCUT2D eigenvalue weighted by molar-refractivity contribution is 9.10. The summed E-state index contributed by atoms with van der Waals surface area (Å²) in [4.78, 5) is 24.6. The number of carbonyl (C=O) groups excluding carboxylic acids is 2. The van der Waals surface area contributed by atoms with Gasteiger partial charge in [-0.15, -0.1) is 0 Å². The van der Waals surface area contributed by atoms with E-state index < -0.39 is 28.4 Å². The molecule has 3 aromatic carbocycles. The van der Waals surface area contributed by atoms with Gasteiger partial charge in [0.2, 0.25) is 10.0 Å². The topological polar surface area (TPSA) is 114 Å². The van der Waals surface area contributed by atoms with Crippen LogP contribution in [0.5, 0.6) is 5.75 Å². The molecule has 0 spiro atoms. The molecule has 0 aliphatic rings. The number of hydrogen-bond acceptors (Lipinski definition) is 6. The van der Waals surface area contributed by atoms with Crippen LogP contribution in [0.2, 0.25) is 0 Å². The molecule has 0 atom stereocenters. The first-order valence-electron chi connectivity index (χ1n) is 9.70. The minimum atomic E-state index is -3.81. The van der Waals surface area contributed by atoms with Crippen molar-refractivity contribution in [3.8, 4) is 5.75 Å². The van der Waals surface area contributed by atoms with E-state index >= 15 is 0 Å². The van der Waals surface area contributed by atoms with Crippen molar-refractivity contribution in [1.82, 2.24) is 10.1 Å². The second-order valence-corrected chi connectivity index (χ2v) is 9.50. The second kappa shape index (κ2) is 11.0. The van der Waals surface area contributed by atoms with Crippen LogP contribution >= 0.6 is 15.9 Å². The average Bonchev–Trinajstić information content (AvgIpc) is 2.80. The van der Waals surface area contributed by atoms with Crippen molar-refractivity contribution in [3.63, 3.8) is 0 Å². The fourth-order valence-corrected chi connectivity index (χ4v) is 4.11. The Balaban J connectivity index is 1.64. The van der Waals surface area contributed by atoms with Crippen LogP contribution in [0.1, 0.15) is 21.5 Å². The van der Waals surface area contributed by atoms with Crippen molar-refractivity contribution in [2.45, 2.75) is 11.8 Å². The predicted molar refractivity (Wildman–Crippen MR) is 128 cm³/mol. The van der Waals surface area contributed by atoms with Gasteiger partial charge in [-0.1, -0.05) is 52.3 Å². The number of hydrogen-bond donors (Lipinski definition) is 2. The van der Waals surface area contributed by atoms with E-state index in [1.165, 1.54) is 18.3 Å². The first-order chi connectivity index (χ1) is 15.8. The number of esters is 1. The van der Waals surface area contributed by atoms with Crippen LogP contribution in [0.4, 0.5) is 0 Å². The van der Waals surface area contributed by atoms with Gasteiger partial charge in [0.05, 0.1) is 23.2 Å². The first kappa shape index (κ1) is 24.3. The maximum absolute atomic E-state index is 12.5.